The summed E-state index contributed by atoms with van der Waals surface area (Å²) in [5.74, 6) is 1.91. The molecule has 0 radical (unpaired) electrons. The molecule has 0 atom stereocenters. The molecule has 1 aromatic carbocycles. The second-order valence-electron chi connectivity index (χ2n) is 6.41. The minimum Gasteiger partial charge on any atom is -0.494 e. The van der Waals surface area contributed by atoms with Crippen molar-refractivity contribution in [2.75, 3.05) is 64.8 Å². The SMILES string of the molecule is CCOc1ccc(OCC)c(NC(N)=NCCN2CCCN(C)CC2)c1.I. The zero-order valence-corrected chi connectivity index (χ0v) is 19.1. The fourth-order valence-corrected chi connectivity index (χ4v) is 2.96. The quantitative estimate of drug-likeness (QED) is 0.331. The minimum absolute atomic E-state index is 0. The lowest BCUT2D eigenvalue weighted by Crippen LogP contribution is -2.32. The number of rotatable bonds is 8. The molecule has 1 aromatic rings. The van der Waals surface area contributed by atoms with Gasteiger partial charge in [0, 0.05) is 25.7 Å². The van der Waals surface area contributed by atoms with Crippen molar-refractivity contribution in [1.29, 1.82) is 0 Å². The second kappa shape index (κ2) is 13.0. The number of guanidine groups is 1. The van der Waals surface area contributed by atoms with Gasteiger partial charge < -0.3 is 30.3 Å². The Kier molecular flexibility index (Phi) is 11.5. The first-order chi connectivity index (χ1) is 12.6. The van der Waals surface area contributed by atoms with Gasteiger partial charge in [-0.15, -0.1) is 24.0 Å². The van der Waals surface area contributed by atoms with E-state index in [4.69, 9.17) is 15.2 Å². The Hall–Kier alpha value is -1.26. The van der Waals surface area contributed by atoms with E-state index in [0.29, 0.717) is 25.7 Å². The molecule has 1 heterocycles. The number of nitrogens with one attached hydrogen (secondary N) is 1. The highest BCUT2D eigenvalue weighted by molar-refractivity contribution is 14.0. The third-order valence-corrected chi connectivity index (χ3v) is 4.34. The Morgan fingerprint density at radius 2 is 1.93 bits per heavy atom. The average Bonchev–Trinajstić information content (AvgIpc) is 2.82. The molecule has 154 valence electrons. The fourth-order valence-electron chi connectivity index (χ4n) is 2.96. The van der Waals surface area contributed by atoms with Gasteiger partial charge in [0.15, 0.2) is 5.96 Å². The van der Waals surface area contributed by atoms with Gasteiger partial charge in [-0.3, -0.25) is 4.99 Å². The molecule has 1 aliphatic rings. The van der Waals surface area contributed by atoms with Crippen LogP contribution in [0.3, 0.4) is 0 Å². The topological polar surface area (TPSA) is 75.3 Å². The Labute approximate surface area is 180 Å². The molecular formula is C19H34IN5O2. The number of ether oxygens (including phenoxy) is 2. The van der Waals surface area contributed by atoms with Crippen LogP contribution in [0, 0.1) is 0 Å². The fraction of sp³-hybridized carbons (Fsp3) is 0.632. The van der Waals surface area contributed by atoms with Gasteiger partial charge in [-0.25, -0.2) is 0 Å². The summed E-state index contributed by atoms with van der Waals surface area (Å²) in [6.07, 6.45) is 1.20. The summed E-state index contributed by atoms with van der Waals surface area (Å²) in [4.78, 5) is 9.29. The highest BCUT2D eigenvalue weighted by Crippen LogP contribution is 2.29. The van der Waals surface area contributed by atoms with Crippen molar-refractivity contribution in [3.63, 3.8) is 0 Å². The Balaban J connectivity index is 0.00000364. The van der Waals surface area contributed by atoms with E-state index in [1.54, 1.807) is 0 Å². The van der Waals surface area contributed by atoms with E-state index in [2.05, 4.69) is 27.2 Å². The number of aliphatic imine (C=N–C) groups is 1. The van der Waals surface area contributed by atoms with E-state index >= 15 is 0 Å². The molecule has 0 amide bonds. The van der Waals surface area contributed by atoms with E-state index < -0.39 is 0 Å². The molecule has 3 N–H and O–H groups in total. The number of nitrogens with two attached hydrogens (primary N) is 1. The molecule has 0 aliphatic carbocycles. The molecule has 0 unspecified atom stereocenters. The number of benzene rings is 1. The van der Waals surface area contributed by atoms with Gasteiger partial charge in [-0.1, -0.05) is 0 Å². The summed E-state index contributed by atoms with van der Waals surface area (Å²) in [6, 6.07) is 5.67. The van der Waals surface area contributed by atoms with Crippen LogP contribution in [0.4, 0.5) is 5.69 Å². The molecule has 1 aliphatic heterocycles. The highest BCUT2D eigenvalue weighted by Gasteiger charge is 2.11. The largest absolute Gasteiger partial charge is 0.494 e. The summed E-state index contributed by atoms with van der Waals surface area (Å²) >= 11 is 0. The number of anilines is 1. The maximum atomic E-state index is 6.08. The monoisotopic (exact) mass is 491 g/mol. The van der Waals surface area contributed by atoms with Crippen molar-refractivity contribution < 1.29 is 9.47 Å². The first-order valence-corrected chi connectivity index (χ1v) is 9.49. The number of likely N-dealkylation sites (N-methyl/N-ethyl adjacent to an activating group) is 1. The predicted octanol–water partition coefficient (Wildman–Crippen LogP) is 2.47. The Morgan fingerprint density at radius 3 is 2.67 bits per heavy atom. The zero-order valence-electron chi connectivity index (χ0n) is 16.7. The van der Waals surface area contributed by atoms with Gasteiger partial charge in [0.2, 0.25) is 0 Å². The van der Waals surface area contributed by atoms with Gasteiger partial charge in [-0.05, 0) is 52.5 Å². The molecule has 7 nitrogen and oxygen atoms in total. The van der Waals surface area contributed by atoms with Crippen molar-refractivity contribution in [3.8, 4) is 11.5 Å². The van der Waals surface area contributed by atoms with Crippen molar-refractivity contribution in [2.45, 2.75) is 20.3 Å². The molecule has 0 bridgehead atoms. The summed E-state index contributed by atoms with van der Waals surface area (Å²) < 4.78 is 11.2. The van der Waals surface area contributed by atoms with Gasteiger partial charge >= 0.3 is 0 Å². The van der Waals surface area contributed by atoms with Crippen LogP contribution >= 0.6 is 24.0 Å². The Morgan fingerprint density at radius 1 is 1.15 bits per heavy atom. The van der Waals surface area contributed by atoms with Crippen LogP contribution in [0.25, 0.3) is 0 Å². The van der Waals surface area contributed by atoms with Crippen LogP contribution < -0.4 is 20.5 Å². The lowest BCUT2D eigenvalue weighted by molar-refractivity contribution is 0.283. The third kappa shape index (κ3) is 8.52. The molecule has 1 fully saturated rings. The van der Waals surface area contributed by atoms with E-state index in [1.165, 1.54) is 13.0 Å². The molecule has 1 saturated heterocycles. The van der Waals surface area contributed by atoms with Crippen LogP contribution in [-0.4, -0.2) is 75.3 Å². The first-order valence-electron chi connectivity index (χ1n) is 9.49. The molecule has 0 saturated carbocycles. The molecule has 2 rings (SSSR count). The number of halogens is 1. The average molecular weight is 491 g/mol. The summed E-state index contributed by atoms with van der Waals surface area (Å²) in [7, 11) is 2.18. The van der Waals surface area contributed by atoms with Gasteiger partial charge in [0.05, 0.1) is 25.4 Å². The third-order valence-electron chi connectivity index (χ3n) is 4.34. The summed E-state index contributed by atoms with van der Waals surface area (Å²) in [5.41, 5.74) is 6.85. The normalized spacial score (nSPS) is 16.3. The zero-order chi connectivity index (χ0) is 18.8. The van der Waals surface area contributed by atoms with Crippen molar-refractivity contribution >= 4 is 35.6 Å². The molecule has 0 spiro atoms. The molecule has 8 heteroatoms. The Bertz CT molecular complexity index is 585. The lowest BCUT2D eigenvalue weighted by Gasteiger charge is -2.19. The predicted molar refractivity (Wildman–Crippen MR) is 123 cm³/mol. The van der Waals surface area contributed by atoms with Crippen molar-refractivity contribution in [1.82, 2.24) is 9.80 Å². The van der Waals surface area contributed by atoms with Crippen molar-refractivity contribution in [2.24, 2.45) is 10.7 Å². The molecular weight excluding hydrogens is 457 g/mol. The van der Waals surface area contributed by atoms with Gasteiger partial charge in [-0.2, -0.15) is 0 Å². The first kappa shape index (κ1) is 23.8. The number of nitrogens with zero attached hydrogens (tertiary/aromatic N) is 3. The van der Waals surface area contributed by atoms with Gasteiger partial charge in [0.25, 0.3) is 0 Å². The van der Waals surface area contributed by atoms with E-state index in [1.807, 2.05) is 32.0 Å². The standard InChI is InChI=1S/C19H33N5O2.HI/c1-4-25-16-7-8-18(26-5-2)17(15-16)22-19(20)21-9-12-24-11-6-10-23(3)13-14-24;/h7-8,15H,4-6,9-14H2,1-3H3,(H3,20,21,22);1H. The molecule has 27 heavy (non-hydrogen) atoms. The lowest BCUT2D eigenvalue weighted by atomic mass is 10.2. The van der Waals surface area contributed by atoms with Crippen LogP contribution in [0.2, 0.25) is 0 Å². The smallest absolute Gasteiger partial charge is 0.193 e. The maximum Gasteiger partial charge on any atom is 0.193 e. The second-order valence-corrected chi connectivity index (χ2v) is 6.41. The maximum absolute atomic E-state index is 6.08. The van der Waals surface area contributed by atoms with Crippen molar-refractivity contribution in [3.05, 3.63) is 18.2 Å². The molecule has 0 aromatic heterocycles. The van der Waals surface area contributed by atoms with Crippen LogP contribution in [0.5, 0.6) is 11.5 Å². The summed E-state index contributed by atoms with van der Waals surface area (Å²) in [5, 5.41) is 3.15. The van der Waals surface area contributed by atoms with Crippen LogP contribution in [0.1, 0.15) is 20.3 Å². The van der Waals surface area contributed by atoms with E-state index in [-0.39, 0.29) is 24.0 Å². The highest BCUT2D eigenvalue weighted by atomic mass is 127. The summed E-state index contributed by atoms with van der Waals surface area (Å²) in [6.45, 7) is 11.2. The van der Waals surface area contributed by atoms with E-state index in [0.717, 1.165) is 43.4 Å². The van der Waals surface area contributed by atoms with Crippen LogP contribution in [0.15, 0.2) is 23.2 Å². The van der Waals surface area contributed by atoms with E-state index in [9.17, 15) is 0 Å². The van der Waals surface area contributed by atoms with Crippen LogP contribution in [-0.2, 0) is 0 Å². The number of hydrogen-bond acceptors (Lipinski definition) is 5. The minimum atomic E-state index is 0. The van der Waals surface area contributed by atoms with Gasteiger partial charge in [0.1, 0.15) is 11.5 Å². The number of hydrogen-bond donors (Lipinski definition) is 2.